The monoisotopic (exact) mass is 345 g/mol. The van der Waals surface area contributed by atoms with Gasteiger partial charge in [-0.25, -0.2) is 0 Å². The summed E-state index contributed by atoms with van der Waals surface area (Å²) in [6.07, 6.45) is 2.73. The summed E-state index contributed by atoms with van der Waals surface area (Å²) in [5, 5.41) is 2.98. The van der Waals surface area contributed by atoms with E-state index in [2.05, 4.69) is 27.2 Å². The van der Waals surface area contributed by atoms with Gasteiger partial charge in [0.05, 0.1) is 0 Å². The van der Waals surface area contributed by atoms with Crippen molar-refractivity contribution in [2.75, 3.05) is 45.9 Å². The third-order valence-electron chi connectivity index (χ3n) is 5.47. The van der Waals surface area contributed by atoms with E-state index in [1.807, 2.05) is 6.07 Å². The topological polar surface area (TPSA) is 54.0 Å². The van der Waals surface area contributed by atoms with Gasteiger partial charge in [0.1, 0.15) is 13.2 Å². The Bertz CT molecular complexity index is 614. The van der Waals surface area contributed by atoms with E-state index in [-0.39, 0.29) is 5.91 Å². The number of para-hydroxylation sites is 1. The van der Waals surface area contributed by atoms with Crippen LogP contribution < -0.4 is 14.8 Å². The first kappa shape index (κ1) is 16.7. The summed E-state index contributed by atoms with van der Waals surface area (Å²) in [7, 11) is 0. The molecule has 1 aromatic carbocycles. The Morgan fingerprint density at radius 1 is 1.08 bits per heavy atom. The maximum atomic E-state index is 11.5. The summed E-state index contributed by atoms with van der Waals surface area (Å²) < 4.78 is 11.5. The van der Waals surface area contributed by atoms with Gasteiger partial charge in [-0.05, 0) is 18.9 Å². The molecule has 4 rings (SSSR count). The van der Waals surface area contributed by atoms with Gasteiger partial charge in [-0.1, -0.05) is 12.1 Å². The molecule has 1 unspecified atom stereocenters. The van der Waals surface area contributed by atoms with Crippen LogP contribution in [0.3, 0.4) is 0 Å². The highest BCUT2D eigenvalue weighted by Crippen LogP contribution is 2.34. The smallest absolute Gasteiger partial charge is 0.220 e. The highest BCUT2D eigenvalue weighted by atomic mass is 16.6. The molecular formula is C19H27N3O3. The van der Waals surface area contributed by atoms with Gasteiger partial charge in [0.25, 0.3) is 0 Å². The van der Waals surface area contributed by atoms with Crippen molar-refractivity contribution in [2.45, 2.75) is 31.8 Å². The van der Waals surface area contributed by atoms with E-state index >= 15 is 0 Å². The molecule has 0 bridgehead atoms. The zero-order chi connectivity index (χ0) is 17.1. The predicted octanol–water partition coefficient (Wildman–Crippen LogP) is 1.24. The van der Waals surface area contributed by atoms with Crippen molar-refractivity contribution >= 4 is 5.91 Å². The lowest BCUT2D eigenvalue weighted by atomic mass is 10.1. The molecule has 0 saturated carbocycles. The van der Waals surface area contributed by atoms with E-state index in [9.17, 15) is 4.79 Å². The van der Waals surface area contributed by atoms with Crippen LogP contribution in [0.15, 0.2) is 18.2 Å². The van der Waals surface area contributed by atoms with Crippen LogP contribution in [-0.4, -0.2) is 67.7 Å². The molecule has 0 aromatic heterocycles. The van der Waals surface area contributed by atoms with E-state index < -0.39 is 0 Å². The van der Waals surface area contributed by atoms with Gasteiger partial charge in [-0.3, -0.25) is 14.6 Å². The maximum Gasteiger partial charge on any atom is 0.220 e. The molecule has 3 aliphatic heterocycles. The molecule has 1 amide bonds. The average molecular weight is 345 g/mol. The fourth-order valence-corrected chi connectivity index (χ4v) is 4.06. The number of benzene rings is 1. The fraction of sp³-hybridized carbons (Fsp3) is 0.632. The van der Waals surface area contributed by atoms with Crippen LogP contribution in [0.4, 0.5) is 0 Å². The van der Waals surface area contributed by atoms with Gasteiger partial charge in [0.2, 0.25) is 5.91 Å². The summed E-state index contributed by atoms with van der Waals surface area (Å²) in [6, 6.07) is 6.72. The Labute approximate surface area is 149 Å². The zero-order valence-electron chi connectivity index (χ0n) is 14.7. The van der Waals surface area contributed by atoms with Crippen molar-refractivity contribution in [3.63, 3.8) is 0 Å². The molecule has 1 N–H and O–H groups in total. The molecule has 3 aliphatic rings. The number of fused-ring (bicyclic) bond motifs is 1. The van der Waals surface area contributed by atoms with E-state index in [4.69, 9.17) is 9.47 Å². The second kappa shape index (κ2) is 7.62. The van der Waals surface area contributed by atoms with Crippen molar-refractivity contribution in [3.05, 3.63) is 23.8 Å². The summed E-state index contributed by atoms with van der Waals surface area (Å²) in [5.41, 5.74) is 1.22. The van der Waals surface area contributed by atoms with Gasteiger partial charge < -0.3 is 14.8 Å². The second-order valence-electron chi connectivity index (χ2n) is 7.08. The Balaban J connectivity index is 1.33. The number of nitrogens with zero attached hydrogens (tertiary/aromatic N) is 2. The van der Waals surface area contributed by atoms with Crippen LogP contribution in [0, 0.1) is 0 Å². The minimum absolute atomic E-state index is 0.206. The van der Waals surface area contributed by atoms with Gasteiger partial charge in [0, 0.05) is 57.3 Å². The largest absolute Gasteiger partial charge is 0.486 e. The number of ether oxygens (including phenoxy) is 2. The third kappa shape index (κ3) is 3.90. The van der Waals surface area contributed by atoms with Gasteiger partial charge >= 0.3 is 0 Å². The maximum absolute atomic E-state index is 11.5. The molecule has 0 radical (unpaired) electrons. The summed E-state index contributed by atoms with van der Waals surface area (Å²) in [5.74, 6) is 2.00. The molecule has 6 nitrogen and oxygen atoms in total. The van der Waals surface area contributed by atoms with Crippen molar-refractivity contribution in [2.24, 2.45) is 0 Å². The third-order valence-corrected chi connectivity index (χ3v) is 5.47. The van der Waals surface area contributed by atoms with Crippen molar-refractivity contribution in [3.8, 4) is 11.5 Å². The highest BCUT2D eigenvalue weighted by Gasteiger charge is 2.26. The van der Waals surface area contributed by atoms with Crippen LogP contribution in [0.2, 0.25) is 0 Å². The number of hydrogen-bond donors (Lipinski definition) is 1. The minimum Gasteiger partial charge on any atom is -0.486 e. The first-order valence-electron chi connectivity index (χ1n) is 9.40. The molecule has 6 heteroatoms. The lowest BCUT2D eigenvalue weighted by Gasteiger charge is -2.39. The Morgan fingerprint density at radius 2 is 1.92 bits per heavy atom. The lowest BCUT2D eigenvalue weighted by Crippen LogP contribution is -2.50. The number of rotatable bonds is 3. The number of hydrogen-bond acceptors (Lipinski definition) is 5. The van der Waals surface area contributed by atoms with Crippen molar-refractivity contribution in [1.29, 1.82) is 0 Å². The van der Waals surface area contributed by atoms with Crippen molar-refractivity contribution < 1.29 is 14.3 Å². The normalized spacial score (nSPS) is 25.3. The number of nitrogens with one attached hydrogen (secondary N) is 1. The van der Waals surface area contributed by atoms with Crippen LogP contribution >= 0.6 is 0 Å². The highest BCUT2D eigenvalue weighted by molar-refractivity contribution is 5.76. The molecule has 0 aliphatic carbocycles. The zero-order valence-corrected chi connectivity index (χ0v) is 14.7. The molecule has 0 spiro atoms. The molecule has 3 heterocycles. The van der Waals surface area contributed by atoms with Crippen LogP contribution in [0.5, 0.6) is 11.5 Å². The number of carbonyl (C=O) groups excluding carboxylic acids is 1. The molecule has 2 fully saturated rings. The van der Waals surface area contributed by atoms with Crippen LogP contribution in [-0.2, 0) is 11.3 Å². The van der Waals surface area contributed by atoms with E-state index in [0.717, 1.165) is 63.6 Å². The lowest BCUT2D eigenvalue weighted by molar-refractivity contribution is -0.120. The standard InChI is InChI=1S/C19H27N3O3/c23-18-5-4-16(6-7-20-18)22-10-8-21(9-11-22)14-15-2-1-3-17-19(15)25-13-12-24-17/h1-3,16H,4-14H2,(H,20,23). The second-order valence-corrected chi connectivity index (χ2v) is 7.08. The molecular weight excluding hydrogens is 318 g/mol. The quantitative estimate of drug-likeness (QED) is 0.893. The Kier molecular flexibility index (Phi) is 5.08. The number of amides is 1. The van der Waals surface area contributed by atoms with Gasteiger partial charge in [0.15, 0.2) is 11.5 Å². The summed E-state index contributed by atoms with van der Waals surface area (Å²) in [6.45, 7) is 7.25. The molecule has 1 aromatic rings. The van der Waals surface area contributed by atoms with Crippen LogP contribution in [0.1, 0.15) is 24.8 Å². The Morgan fingerprint density at radius 3 is 2.80 bits per heavy atom. The number of piperazine rings is 1. The predicted molar refractivity (Wildman–Crippen MR) is 94.9 cm³/mol. The summed E-state index contributed by atoms with van der Waals surface area (Å²) in [4.78, 5) is 16.6. The van der Waals surface area contributed by atoms with Crippen molar-refractivity contribution in [1.82, 2.24) is 15.1 Å². The SMILES string of the molecule is O=C1CCC(N2CCN(Cc3cccc4c3OCCO4)CC2)CCN1. The van der Waals surface area contributed by atoms with Crippen LogP contribution in [0.25, 0.3) is 0 Å². The first-order chi connectivity index (χ1) is 12.3. The number of carbonyl (C=O) groups is 1. The van der Waals surface area contributed by atoms with E-state index in [1.165, 1.54) is 5.56 Å². The van der Waals surface area contributed by atoms with E-state index in [0.29, 0.717) is 25.7 Å². The van der Waals surface area contributed by atoms with E-state index in [1.54, 1.807) is 0 Å². The minimum atomic E-state index is 0.206. The first-order valence-corrected chi connectivity index (χ1v) is 9.40. The Hall–Kier alpha value is -1.79. The summed E-state index contributed by atoms with van der Waals surface area (Å²) >= 11 is 0. The molecule has 2 saturated heterocycles. The fourth-order valence-electron chi connectivity index (χ4n) is 4.06. The van der Waals surface area contributed by atoms with Gasteiger partial charge in [-0.15, -0.1) is 0 Å². The molecule has 25 heavy (non-hydrogen) atoms. The molecule has 136 valence electrons. The molecule has 1 atom stereocenters. The average Bonchev–Trinajstić information content (AvgIpc) is 2.87. The van der Waals surface area contributed by atoms with Gasteiger partial charge in [-0.2, -0.15) is 0 Å².